The Labute approximate surface area is 115 Å². The fourth-order valence-electron chi connectivity index (χ4n) is 1.72. The van der Waals surface area contributed by atoms with Gasteiger partial charge in [0.2, 0.25) is 0 Å². The quantitative estimate of drug-likeness (QED) is 0.935. The van der Waals surface area contributed by atoms with E-state index in [-0.39, 0.29) is 6.54 Å². The number of hydrogen-bond acceptors (Lipinski definition) is 2. The van der Waals surface area contributed by atoms with Gasteiger partial charge in [0.05, 0.1) is 12.7 Å². The standard InChI is InChI=1S/C12H9BrF2N2O2/c13-8-3-1-2-7(4-8)6-17-10(11(14)15)9(5-16-17)12(18)19/h1-5,11H,6H2,(H,18,19). The van der Waals surface area contributed by atoms with Crippen molar-refractivity contribution in [3.8, 4) is 0 Å². The van der Waals surface area contributed by atoms with Crippen molar-refractivity contribution in [2.24, 2.45) is 0 Å². The zero-order valence-electron chi connectivity index (χ0n) is 9.55. The Hall–Kier alpha value is -1.76. The lowest BCUT2D eigenvalue weighted by Gasteiger charge is -2.08. The van der Waals surface area contributed by atoms with E-state index in [4.69, 9.17) is 5.11 Å². The number of carbonyl (C=O) groups is 1. The normalized spacial score (nSPS) is 10.9. The molecule has 19 heavy (non-hydrogen) atoms. The number of aromatic carboxylic acids is 1. The van der Waals surface area contributed by atoms with Crippen LogP contribution in [0, 0.1) is 0 Å². The predicted octanol–water partition coefficient (Wildman–Crippen LogP) is 3.33. The van der Waals surface area contributed by atoms with Crippen molar-refractivity contribution in [2.45, 2.75) is 13.0 Å². The third-order valence-corrected chi connectivity index (χ3v) is 3.03. The van der Waals surface area contributed by atoms with Gasteiger partial charge in [-0.25, -0.2) is 13.6 Å². The van der Waals surface area contributed by atoms with E-state index in [2.05, 4.69) is 21.0 Å². The molecule has 1 aromatic heterocycles. The second-order valence-corrected chi connectivity index (χ2v) is 4.75. The molecule has 1 N–H and O–H groups in total. The van der Waals surface area contributed by atoms with E-state index in [1.54, 1.807) is 18.2 Å². The summed E-state index contributed by atoms with van der Waals surface area (Å²) in [6, 6.07) is 7.09. The average molecular weight is 331 g/mol. The highest BCUT2D eigenvalue weighted by molar-refractivity contribution is 9.10. The minimum Gasteiger partial charge on any atom is -0.478 e. The lowest BCUT2D eigenvalue weighted by molar-refractivity contribution is 0.0682. The molecule has 0 saturated carbocycles. The monoisotopic (exact) mass is 330 g/mol. The van der Waals surface area contributed by atoms with Gasteiger partial charge in [0.1, 0.15) is 11.3 Å². The summed E-state index contributed by atoms with van der Waals surface area (Å²) in [4.78, 5) is 10.9. The Morgan fingerprint density at radius 2 is 2.21 bits per heavy atom. The molecule has 0 bridgehead atoms. The Balaban J connectivity index is 2.38. The summed E-state index contributed by atoms with van der Waals surface area (Å²) in [5.74, 6) is -1.41. The van der Waals surface area contributed by atoms with Crippen molar-refractivity contribution in [3.63, 3.8) is 0 Å². The van der Waals surface area contributed by atoms with Gasteiger partial charge in [-0.15, -0.1) is 0 Å². The molecule has 0 fully saturated rings. The van der Waals surface area contributed by atoms with E-state index < -0.39 is 23.7 Å². The molecule has 4 nitrogen and oxygen atoms in total. The number of aromatic nitrogens is 2. The van der Waals surface area contributed by atoms with Crippen LogP contribution in [0.3, 0.4) is 0 Å². The van der Waals surface area contributed by atoms with Crippen LogP contribution in [0.15, 0.2) is 34.9 Å². The molecular weight excluding hydrogens is 322 g/mol. The van der Waals surface area contributed by atoms with Crippen LogP contribution in [0.5, 0.6) is 0 Å². The summed E-state index contributed by atoms with van der Waals surface area (Å²) >= 11 is 3.28. The van der Waals surface area contributed by atoms with E-state index in [9.17, 15) is 13.6 Å². The lowest BCUT2D eigenvalue weighted by Crippen LogP contribution is -2.09. The molecule has 0 saturated heterocycles. The molecule has 1 aromatic carbocycles. The molecule has 100 valence electrons. The van der Waals surface area contributed by atoms with Crippen LogP contribution in [0.25, 0.3) is 0 Å². The second-order valence-electron chi connectivity index (χ2n) is 3.84. The van der Waals surface area contributed by atoms with E-state index in [0.717, 1.165) is 20.9 Å². The average Bonchev–Trinajstić information content (AvgIpc) is 2.73. The van der Waals surface area contributed by atoms with Crippen LogP contribution < -0.4 is 0 Å². The molecule has 0 amide bonds. The van der Waals surface area contributed by atoms with Crippen LogP contribution >= 0.6 is 15.9 Å². The molecule has 2 aromatic rings. The van der Waals surface area contributed by atoms with Gasteiger partial charge < -0.3 is 5.11 Å². The van der Waals surface area contributed by atoms with Gasteiger partial charge in [0, 0.05) is 4.47 Å². The molecule has 0 aliphatic rings. The lowest BCUT2D eigenvalue weighted by atomic mass is 10.2. The van der Waals surface area contributed by atoms with Gasteiger partial charge in [0.15, 0.2) is 0 Å². The Morgan fingerprint density at radius 1 is 1.47 bits per heavy atom. The molecule has 0 unspecified atom stereocenters. The maximum Gasteiger partial charge on any atom is 0.339 e. The first kappa shape index (κ1) is 13.7. The first-order chi connectivity index (χ1) is 8.99. The molecule has 1 heterocycles. The highest BCUT2D eigenvalue weighted by atomic mass is 79.9. The smallest absolute Gasteiger partial charge is 0.339 e. The molecule has 0 radical (unpaired) electrons. The van der Waals surface area contributed by atoms with Crippen molar-refractivity contribution in [3.05, 3.63) is 51.8 Å². The van der Waals surface area contributed by atoms with E-state index >= 15 is 0 Å². The number of nitrogens with zero attached hydrogens (tertiary/aromatic N) is 2. The van der Waals surface area contributed by atoms with E-state index in [1.165, 1.54) is 0 Å². The Morgan fingerprint density at radius 3 is 2.79 bits per heavy atom. The zero-order chi connectivity index (χ0) is 14.0. The van der Waals surface area contributed by atoms with Crippen molar-refractivity contribution in [2.75, 3.05) is 0 Å². The first-order valence-electron chi connectivity index (χ1n) is 5.30. The first-order valence-corrected chi connectivity index (χ1v) is 6.10. The summed E-state index contributed by atoms with van der Waals surface area (Å²) in [7, 11) is 0. The summed E-state index contributed by atoms with van der Waals surface area (Å²) in [5, 5.41) is 12.6. The SMILES string of the molecule is O=C(O)c1cnn(Cc2cccc(Br)c2)c1C(F)F. The Bertz CT molecular complexity index is 614. The zero-order valence-corrected chi connectivity index (χ0v) is 11.1. The molecule has 0 aliphatic heterocycles. The van der Waals surface area contributed by atoms with Crippen LogP contribution in [0.1, 0.15) is 28.0 Å². The number of carboxylic acids is 1. The van der Waals surface area contributed by atoms with Crippen molar-refractivity contribution >= 4 is 21.9 Å². The number of halogens is 3. The topological polar surface area (TPSA) is 55.1 Å². The van der Waals surface area contributed by atoms with Gasteiger partial charge in [-0.1, -0.05) is 28.1 Å². The maximum atomic E-state index is 12.9. The molecule has 0 spiro atoms. The summed E-state index contributed by atoms with van der Waals surface area (Å²) in [5.41, 5.74) is -0.297. The summed E-state index contributed by atoms with van der Waals surface area (Å²) < 4.78 is 27.7. The fraction of sp³-hybridized carbons (Fsp3) is 0.167. The maximum absolute atomic E-state index is 12.9. The van der Waals surface area contributed by atoms with Crippen LogP contribution in [0.4, 0.5) is 8.78 Å². The number of carboxylic acid groups (broad SMARTS) is 1. The van der Waals surface area contributed by atoms with Gasteiger partial charge in [-0.3, -0.25) is 4.68 Å². The predicted molar refractivity (Wildman–Crippen MR) is 67.4 cm³/mol. The third-order valence-electron chi connectivity index (χ3n) is 2.54. The summed E-state index contributed by atoms with van der Waals surface area (Å²) in [6.07, 6.45) is -1.94. The number of benzene rings is 1. The van der Waals surface area contributed by atoms with Crippen LogP contribution in [0.2, 0.25) is 0 Å². The molecule has 2 rings (SSSR count). The van der Waals surface area contributed by atoms with E-state index in [1.807, 2.05) is 6.07 Å². The van der Waals surface area contributed by atoms with Gasteiger partial charge >= 0.3 is 5.97 Å². The van der Waals surface area contributed by atoms with Crippen molar-refractivity contribution < 1.29 is 18.7 Å². The van der Waals surface area contributed by atoms with Gasteiger partial charge in [0.25, 0.3) is 6.43 Å². The number of hydrogen-bond donors (Lipinski definition) is 1. The molecule has 0 atom stereocenters. The van der Waals surface area contributed by atoms with Crippen LogP contribution in [-0.2, 0) is 6.54 Å². The third kappa shape index (κ3) is 2.98. The highest BCUT2D eigenvalue weighted by Gasteiger charge is 2.24. The molecular formula is C12H9BrF2N2O2. The minimum atomic E-state index is -2.89. The fourth-order valence-corrected chi connectivity index (χ4v) is 2.17. The number of rotatable bonds is 4. The molecule has 7 heteroatoms. The van der Waals surface area contributed by atoms with E-state index in [0.29, 0.717) is 0 Å². The second kappa shape index (κ2) is 5.48. The minimum absolute atomic E-state index is 0.0897. The Kier molecular flexibility index (Phi) is 3.94. The van der Waals surface area contributed by atoms with Crippen LogP contribution in [-0.4, -0.2) is 20.9 Å². The van der Waals surface area contributed by atoms with Crippen molar-refractivity contribution in [1.82, 2.24) is 9.78 Å². The van der Waals surface area contributed by atoms with Crippen molar-refractivity contribution in [1.29, 1.82) is 0 Å². The number of alkyl halides is 2. The molecule has 0 aliphatic carbocycles. The summed E-state index contributed by atoms with van der Waals surface area (Å²) in [6.45, 7) is 0.0897. The highest BCUT2D eigenvalue weighted by Crippen LogP contribution is 2.24. The largest absolute Gasteiger partial charge is 0.478 e. The van der Waals surface area contributed by atoms with Gasteiger partial charge in [-0.05, 0) is 17.7 Å². The van der Waals surface area contributed by atoms with Gasteiger partial charge in [-0.2, -0.15) is 5.10 Å².